The van der Waals surface area contributed by atoms with Gasteiger partial charge in [-0.05, 0) is 5.92 Å². The molecule has 1 aliphatic heterocycles. The van der Waals surface area contributed by atoms with Crippen molar-refractivity contribution in [1.29, 1.82) is 0 Å². The van der Waals surface area contributed by atoms with Crippen molar-refractivity contribution in [2.24, 2.45) is 11.8 Å². The lowest BCUT2D eigenvalue weighted by molar-refractivity contribution is -0.120. The second-order valence-electron chi connectivity index (χ2n) is 3.33. The molecule has 3 atom stereocenters. The summed E-state index contributed by atoms with van der Waals surface area (Å²) in [5.74, 6) is 1.17. The summed E-state index contributed by atoms with van der Waals surface area (Å²) >= 11 is 3.23. The van der Waals surface area contributed by atoms with Crippen molar-refractivity contribution in [2.45, 2.75) is 13.3 Å². The van der Waals surface area contributed by atoms with Crippen LogP contribution in [0.5, 0.6) is 0 Å². The molecule has 0 spiro atoms. The van der Waals surface area contributed by atoms with Crippen LogP contribution in [0.3, 0.4) is 0 Å². The number of hydrogen-bond acceptors (Lipinski definition) is 2. The standard InChI is InChI=1S/C8H15BrNOP/c1-2-6-4-10(12)5-7(6)8(11)3-9/h6-7H,2-5,12H2,1H3/t6-,7+/m1/s1. The second kappa shape index (κ2) is 4.69. The monoisotopic (exact) mass is 251 g/mol. The van der Waals surface area contributed by atoms with Gasteiger partial charge in [0.25, 0.3) is 0 Å². The van der Waals surface area contributed by atoms with E-state index < -0.39 is 0 Å². The number of ketones is 1. The molecule has 0 N–H and O–H groups in total. The highest BCUT2D eigenvalue weighted by atomic mass is 79.9. The van der Waals surface area contributed by atoms with E-state index in [1.54, 1.807) is 0 Å². The van der Waals surface area contributed by atoms with Crippen molar-refractivity contribution in [1.82, 2.24) is 4.67 Å². The number of rotatable bonds is 3. The SMILES string of the molecule is CC[C@@H]1CN(P)C[C@@H]1C(=O)CBr. The molecule has 0 aromatic rings. The molecule has 0 radical (unpaired) electrons. The first-order valence-corrected chi connectivity index (χ1v) is 5.91. The molecule has 12 heavy (non-hydrogen) atoms. The average molecular weight is 252 g/mol. The number of halogens is 1. The van der Waals surface area contributed by atoms with E-state index in [2.05, 4.69) is 36.9 Å². The molecule has 2 nitrogen and oxygen atoms in total. The molecule has 1 heterocycles. The lowest BCUT2D eigenvalue weighted by Gasteiger charge is -2.13. The van der Waals surface area contributed by atoms with Crippen molar-refractivity contribution < 1.29 is 4.79 Å². The second-order valence-corrected chi connectivity index (χ2v) is 4.62. The van der Waals surface area contributed by atoms with Gasteiger partial charge in [0, 0.05) is 19.0 Å². The third kappa shape index (κ3) is 2.27. The fourth-order valence-electron chi connectivity index (χ4n) is 1.78. The number of carbonyl (C=O) groups is 1. The van der Waals surface area contributed by atoms with Crippen molar-refractivity contribution in [2.75, 3.05) is 18.4 Å². The lowest BCUT2D eigenvalue weighted by atomic mass is 9.91. The molecule has 0 saturated carbocycles. The van der Waals surface area contributed by atoms with E-state index in [-0.39, 0.29) is 5.92 Å². The minimum atomic E-state index is 0.256. The summed E-state index contributed by atoms with van der Waals surface area (Å²) in [5, 5.41) is 0.507. The highest BCUT2D eigenvalue weighted by Crippen LogP contribution is 2.29. The van der Waals surface area contributed by atoms with Crippen LogP contribution in [0, 0.1) is 11.8 Å². The van der Waals surface area contributed by atoms with Crippen LogP contribution in [0.2, 0.25) is 0 Å². The maximum Gasteiger partial charge on any atom is 0.148 e. The van der Waals surface area contributed by atoms with Crippen LogP contribution < -0.4 is 0 Å². The summed E-state index contributed by atoms with van der Waals surface area (Å²) in [4.78, 5) is 11.4. The fourth-order valence-corrected chi connectivity index (χ4v) is 2.70. The fraction of sp³-hybridized carbons (Fsp3) is 0.875. The number of nitrogens with zero attached hydrogens (tertiary/aromatic N) is 1. The third-order valence-corrected chi connectivity index (χ3v) is 3.51. The summed E-state index contributed by atoms with van der Waals surface area (Å²) in [7, 11) is 2.68. The molecule has 1 saturated heterocycles. The van der Waals surface area contributed by atoms with E-state index in [0.29, 0.717) is 17.0 Å². The van der Waals surface area contributed by atoms with Crippen molar-refractivity contribution in [3.63, 3.8) is 0 Å². The van der Waals surface area contributed by atoms with Crippen molar-refractivity contribution >= 4 is 31.1 Å². The Labute approximate surface area is 84.5 Å². The maximum absolute atomic E-state index is 11.4. The number of Topliss-reactive ketones (excluding diaryl/α,β-unsaturated/α-hetero) is 1. The summed E-state index contributed by atoms with van der Waals surface area (Å²) in [5.41, 5.74) is 0. The Bertz CT molecular complexity index is 176. The molecule has 1 rings (SSSR count). The molecular weight excluding hydrogens is 237 g/mol. The minimum Gasteiger partial charge on any atom is -0.298 e. The van der Waals surface area contributed by atoms with Gasteiger partial charge in [-0.15, -0.1) is 0 Å². The molecule has 0 aromatic heterocycles. The van der Waals surface area contributed by atoms with Crippen LogP contribution in [-0.4, -0.2) is 28.9 Å². The molecule has 0 amide bonds. The average Bonchev–Trinajstić information content (AvgIpc) is 2.45. The molecule has 70 valence electrons. The van der Waals surface area contributed by atoms with Gasteiger partial charge in [-0.25, -0.2) is 0 Å². The Hall–Kier alpha value is 0.540. The summed E-state index contributed by atoms with van der Waals surface area (Å²) in [6, 6.07) is 0. The normalized spacial score (nSPS) is 30.9. The van der Waals surface area contributed by atoms with Crippen molar-refractivity contribution in [3.05, 3.63) is 0 Å². The third-order valence-electron chi connectivity index (χ3n) is 2.54. The quantitative estimate of drug-likeness (QED) is 0.562. The van der Waals surface area contributed by atoms with Crippen LogP contribution in [0.4, 0.5) is 0 Å². The first-order chi connectivity index (χ1) is 5.69. The van der Waals surface area contributed by atoms with Crippen LogP contribution in [0.25, 0.3) is 0 Å². The van der Waals surface area contributed by atoms with Crippen LogP contribution in [0.15, 0.2) is 0 Å². The van der Waals surface area contributed by atoms with Gasteiger partial charge < -0.3 is 0 Å². The van der Waals surface area contributed by atoms with E-state index in [1.165, 1.54) is 0 Å². The van der Waals surface area contributed by atoms with Gasteiger partial charge in [-0.3, -0.25) is 9.46 Å². The van der Waals surface area contributed by atoms with E-state index in [0.717, 1.165) is 19.5 Å². The molecular formula is C8H15BrNOP. The zero-order valence-corrected chi connectivity index (χ0v) is 10.0. The topological polar surface area (TPSA) is 20.3 Å². The molecule has 1 unspecified atom stereocenters. The van der Waals surface area contributed by atoms with E-state index in [1.807, 2.05) is 0 Å². The predicted molar refractivity (Wildman–Crippen MR) is 57.4 cm³/mol. The summed E-state index contributed by atoms with van der Waals surface area (Å²) in [6.45, 7) is 4.11. The van der Waals surface area contributed by atoms with Gasteiger partial charge in [0.2, 0.25) is 0 Å². The van der Waals surface area contributed by atoms with Crippen LogP contribution in [-0.2, 0) is 4.79 Å². The number of carbonyl (C=O) groups excluding carboxylic acids is 1. The maximum atomic E-state index is 11.4. The Kier molecular flexibility index (Phi) is 4.15. The highest BCUT2D eigenvalue weighted by molar-refractivity contribution is 9.09. The molecule has 1 aliphatic rings. The molecule has 0 aromatic carbocycles. The zero-order chi connectivity index (χ0) is 9.14. The smallest absolute Gasteiger partial charge is 0.148 e. The first kappa shape index (κ1) is 10.6. The number of alkyl halides is 1. The van der Waals surface area contributed by atoms with E-state index in [9.17, 15) is 4.79 Å². The van der Waals surface area contributed by atoms with Gasteiger partial charge in [0.1, 0.15) is 5.78 Å². The first-order valence-electron chi connectivity index (χ1n) is 4.27. The zero-order valence-electron chi connectivity index (χ0n) is 7.29. The van der Waals surface area contributed by atoms with Crippen molar-refractivity contribution in [3.8, 4) is 0 Å². The van der Waals surface area contributed by atoms with Gasteiger partial charge in [-0.2, -0.15) is 0 Å². The van der Waals surface area contributed by atoms with E-state index >= 15 is 0 Å². The molecule has 0 aliphatic carbocycles. The van der Waals surface area contributed by atoms with Crippen LogP contribution >= 0.6 is 25.3 Å². The summed E-state index contributed by atoms with van der Waals surface area (Å²) < 4.78 is 2.17. The predicted octanol–water partition coefficient (Wildman–Crippen LogP) is 1.70. The Morgan fingerprint density at radius 3 is 2.83 bits per heavy atom. The van der Waals surface area contributed by atoms with Gasteiger partial charge in [0.15, 0.2) is 0 Å². The molecule has 4 heteroatoms. The Balaban J connectivity index is 2.57. The van der Waals surface area contributed by atoms with Gasteiger partial charge >= 0.3 is 0 Å². The van der Waals surface area contributed by atoms with Gasteiger partial charge in [-0.1, -0.05) is 38.7 Å². The number of hydrogen-bond donors (Lipinski definition) is 0. The molecule has 0 bridgehead atoms. The summed E-state index contributed by atoms with van der Waals surface area (Å²) in [6.07, 6.45) is 1.11. The largest absolute Gasteiger partial charge is 0.298 e. The minimum absolute atomic E-state index is 0.256. The molecule has 1 fully saturated rings. The Morgan fingerprint density at radius 2 is 2.33 bits per heavy atom. The van der Waals surface area contributed by atoms with Gasteiger partial charge in [0.05, 0.1) is 5.33 Å². The lowest BCUT2D eigenvalue weighted by Crippen LogP contribution is -2.23. The Morgan fingerprint density at radius 1 is 1.67 bits per heavy atom. The highest BCUT2D eigenvalue weighted by Gasteiger charge is 2.33. The van der Waals surface area contributed by atoms with E-state index in [4.69, 9.17) is 0 Å². The van der Waals surface area contributed by atoms with Crippen LogP contribution in [0.1, 0.15) is 13.3 Å².